The van der Waals surface area contributed by atoms with E-state index in [1.807, 2.05) is 18.2 Å². The van der Waals surface area contributed by atoms with Gasteiger partial charge in [-0.3, -0.25) is 4.79 Å². The van der Waals surface area contributed by atoms with Gasteiger partial charge >= 0.3 is 5.97 Å². The molecule has 0 aromatic heterocycles. The molecule has 1 aromatic rings. The van der Waals surface area contributed by atoms with Gasteiger partial charge in [-0.15, -0.1) is 0 Å². The highest BCUT2D eigenvalue weighted by atomic mass is 16.7. The summed E-state index contributed by atoms with van der Waals surface area (Å²) in [7, 11) is 0. The van der Waals surface area contributed by atoms with E-state index in [9.17, 15) is 4.79 Å². The lowest BCUT2D eigenvalue weighted by Crippen LogP contribution is -2.19. The van der Waals surface area contributed by atoms with Gasteiger partial charge in [-0.1, -0.05) is 12.1 Å². The number of hydrogen-bond acceptors (Lipinski definition) is 5. The summed E-state index contributed by atoms with van der Waals surface area (Å²) < 4.78 is 15.5. The number of rotatable bonds is 6. The van der Waals surface area contributed by atoms with Crippen molar-refractivity contribution in [3.63, 3.8) is 0 Å². The fraction of sp³-hybridized carbons (Fsp3) is 0.462. The Hall–Kier alpha value is -1.75. The summed E-state index contributed by atoms with van der Waals surface area (Å²) in [5.41, 5.74) is 1.04. The van der Waals surface area contributed by atoms with Crippen LogP contribution in [0.1, 0.15) is 18.9 Å². The molecule has 0 fully saturated rings. The van der Waals surface area contributed by atoms with Gasteiger partial charge in [0.05, 0.1) is 13.0 Å². The van der Waals surface area contributed by atoms with E-state index < -0.39 is 0 Å². The van der Waals surface area contributed by atoms with Gasteiger partial charge in [0.25, 0.3) is 0 Å². The number of hydrogen-bond donors (Lipinski definition) is 1. The zero-order valence-corrected chi connectivity index (χ0v) is 10.4. The average molecular weight is 251 g/mol. The van der Waals surface area contributed by atoms with Crippen molar-refractivity contribution in [3.05, 3.63) is 23.8 Å². The first-order chi connectivity index (χ1) is 8.81. The summed E-state index contributed by atoms with van der Waals surface area (Å²) in [6.45, 7) is 3.73. The van der Waals surface area contributed by atoms with Crippen molar-refractivity contribution in [1.29, 1.82) is 0 Å². The molecule has 1 aromatic carbocycles. The van der Waals surface area contributed by atoms with Gasteiger partial charge in [0.1, 0.15) is 0 Å². The molecule has 0 saturated carbocycles. The van der Waals surface area contributed by atoms with E-state index in [-0.39, 0.29) is 12.8 Å². The Morgan fingerprint density at radius 3 is 3.17 bits per heavy atom. The van der Waals surface area contributed by atoms with Crippen LogP contribution < -0.4 is 14.8 Å². The molecule has 0 unspecified atom stereocenters. The van der Waals surface area contributed by atoms with Gasteiger partial charge in [0, 0.05) is 18.7 Å². The molecule has 5 heteroatoms. The summed E-state index contributed by atoms with van der Waals surface area (Å²) in [5.74, 6) is 1.39. The number of esters is 1. The van der Waals surface area contributed by atoms with E-state index in [0.717, 1.165) is 17.1 Å². The maximum absolute atomic E-state index is 11.1. The maximum Gasteiger partial charge on any atom is 0.307 e. The topological polar surface area (TPSA) is 56.8 Å². The van der Waals surface area contributed by atoms with Crippen molar-refractivity contribution in [2.45, 2.75) is 19.9 Å². The van der Waals surface area contributed by atoms with E-state index in [4.69, 9.17) is 14.2 Å². The van der Waals surface area contributed by atoms with Crippen molar-refractivity contribution in [2.75, 3.05) is 19.9 Å². The molecule has 0 radical (unpaired) electrons. The fourth-order valence-corrected chi connectivity index (χ4v) is 1.78. The number of para-hydroxylation sites is 1. The highest BCUT2D eigenvalue weighted by Gasteiger charge is 2.16. The lowest BCUT2D eigenvalue weighted by atomic mass is 10.2. The molecule has 5 nitrogen and oxygen atoms in total. The zero-order chi connectivity index (χ0) is 12.8. The lowest BCUT2D eigenvalue weighted by molar-refractivity contribution is -0.142. The Labute approximate surface area is 106 Å². The molecule has 1 aliphatic heterocycles. The van der Waals surface area contributed by atoms with Crippen LogP contribution in [0, 0.1) is 0 Å². The molecule has 18 heavy (non-hydrogen) atoms. The van der Waals surface area contributed by atoms with Gasteiger partial charge in [-0.25, -0.2) is 0 Å². The van der Waals surface area contributed by atoms with E-state index in [2.05, 4.69) is 5.32 Å². The minimum Gasteiger partial charge on any atom is -0.466 e. The molecule has 1 N–H and O–H groups in total. The third kappa shape index (κ3) is 3.13. The molecule has 0 amide bonds. The van der Waals surface area contributed by atoms with Crippen molar-refractivity contribution in [2.24, 2.45) is 0 Å². The van der Waals surface area contributed by atoms with E-state index in [0.29, 0.717) is 26.1 Å². The van der Waals surface area contributed by atoms with E-state index in [1.165, 1.54) is 0 Å². The highest BCUT2D eigenvalue weighted by Crippen LogP contribution is 2.35. The lowest BCUT2D eigenvalue weighted by Gasteiger charge is -2.07. The summed E-state index contributed by atoms with van der Waals surface area (Å²) >= 11 is 0. The number of carbonyl (C=O) groups is 1. The number of carbonyl (C=O) groups excluding carboxylic acids is 1. The number of nitrogens with one attached hydrogen (secondary N) is 1. The molecule has 0 spiro atoms. The molecule has 98 valence electrons. The molecule has 0 saturated heterocycles. The van der Waals surface area contributed by atoms with Crippen molar-refractivity contribution >= 4 is 5.97 Å². The Kier molecular flexibility index (Phi) is 4.41. The van der Waals surface area contributed by atoms with Gasteiger partial charge < -0.3 is 19.5 Å². The molecule has 0 atom stereocenters. The van der Waals surface area contributed by atoms with Crippen molar-refractivity contribution in [1.82, 2.24) is 5.32 Å². The second kappa shape index (κ2) is 6.26. The van der Waals surface area contributed by atoms with Crippen LogP contribution in [-0.4, -0.2) is 25.9 Å². The van der Waals surface area contributed by atoms with Crippen LogP contribution in [0.25, 0.3) is 0 Å². The van der Waals surface area contributed by atoms with Crippen LogP contribution in [0.4, 0.5) is 0 Å². The van der Waals surface area contributed by atoms with Crippen LogP contribution in [0.3, 0.4) is 0 Å². The van der Waals surface area contributed by atoms with Gasteiger partial charge in [0.2, 0.25) is 6.79 Å². The second-order valence-corrected chi connectivity index (χ2v) is 3.88. The molecular weight excluding hydrogens is 234 g/mol. The SMILES string of the molecule is CCOC(=O)CCNCc1cccc2c1OCO2. The summed E-state index contributed by atoms with van der Waals surface area (Å²) in [6, 6.07) is 5.78. The third-order valence-corrected chi connectivity index (χ3v) is 2.60. The maximum atomic E-state index is 11.1. The first-order valence-electron chi connectivity index (χ1n) is 6.05. The Morgan fingerprint density at radius 1 is 1.44 bits per heavy atom. The van der Waals surface area contributed by atoms with E-state index in [1.54, 1.807) is 6.92 Å². The highest BCUT2D eigenvalue weighted by molar-refractivity contribution is 5.69. The van der Waals surface area contributed by atoms with Crippen molar-refractivity contribution < 1.29 is 19.0 Å². The summed E-state index contributed by atoms with van der Waals surface area (Å²) in [5, 5.41) is 3.18. The van der Waals surface area contributed by atoms with Gasteiger partial charge in [-0.2, -0.15) is 0 Å². The van der Waals surface area contributed by atoms with Gasteiger partial charge in [-0.05, 0) is 13.0 Å². The molecule has 1 aliphatic rings. The van der Waals surface area contributed by atoms with Crippen LogP contribution in [0.15, 0.2) is 18.2 Å². The van der Waals surface area contributed by atoms with E-state index >= 15 is 0 Å². The van der Waals surface area contributed by atoms with Gasteiger partial charge in [0.15, 0.2) is 11.5 Å². The second-order valence-electron chi connectivity index (χ2n) is 3.88. The predicted octanol–water partition coefficient (Wildman–Crippen LogP) is 1.46. The predicted molar refractivity (Wildman–Crippen MR) is 65.5 cm³/mol. The number of fused-ring (bicyclic) bond motifs is 1. The van der Waals surface area contributed by atoms with Crippen LogP contribution >= 0.6 is 0 Å². The molecule has 2 rings (SSSR count). The third-order valence-electron chi connectivity index (χ3n) is 2.60. The normalized spacial score (nSPS) is 12.5. The monoisotopic (exact) mass is 251 g/mol. The summed E-state index contributed by atoms with van der Waals surface area (Å²) in [6.07, 6.45) is 0.375. The first-order valence-corrected chi connectivity index (χ1v) is 6.05. The van der Waals surface area contributed by atoms with Crippen LogP contribution in [-0.2, 0) is 16.1 Å². The minimum atomic E-state index is -0.178. The Morgan fingerprint density at radius 2 is 2.33 bits per heavy atom. The largest absolute Gasteiger partial charge is 0.466 e. The van der Waals surface area contributed by atoms with Crippen LogP contribution in [0.5, 0.6) is 11.5 Å². The van der Waals surface area contributed by atoms with Crippen molar-refractivity contribution in [3.8, 4) is 11.5 Å². The summed E-state index contributed by atoms with van der Waals surface area (Å²) in [4.78, 5) is 11.1. The average Bonchev–Trinajstić information content (AvgIpc) is 2.84. The molecule has 0 bridgehead atoms. The minimum absolute atomic E-state index is 0.178. The quantitative estimate of drug-likeness (QED) is 0.612. The smallest absolute Gasteiger partial charge is 0.307 e. The zero-order valence-electron chi connectivity index (χ0n) is 10.4. The number of benzene rings is 1. The Balaban J connectivity index is 1.77. The van der Waals surface area contributed by atoms with Crippen LogP contribution in [0.2, 0.25) is 0 Å². The fourth-order valence-electron chi connectivity index (χ4n) is 1.78. The molecule has 1 heterocycles. The standard InChI is InChI=1S/C13H17NO4/c1-2-16-12(15)6-7-14-8-10-4-3-5-11-13(10)18-9-17-11/h3-5,14H,2,6-9H2,1H3. The Bertz CT molecular complexity index is 419. The first kappa shape index (κ1) is 12.7. The number of ether oxygens (including phenoxy) is 3. The molecule has 0 aliphatic carbocycles. The molecular formula is C13H17NO4.